The highest BCUT2D eigenvalue weighted by molar-refractivity contribution is 9.10. The Morgan fingerprint density at radius 3 is 2.61 bits per heavy atom. The highest BCUT2D eigenvalue weighted by Gasteiger charge is 2.58. The van der Waals surface area contributed by atoms with Crippen molar-refractivity contribution in [3.63, 3.8) is 0 Å². The largest absolute Gasteiger partial charge is 0.482 e. The van der Waals surface area contributed by atoms with Gasteiger partial charge in [-0.25, -0.2) is 4.90 Å². The van der Waals surface area contributed by atoms with E-state index >= 15 is 0 Å². The van der Waals surface area contributed by atoms with E-state index in [-0.39, 0.29) is 17.7 Å². The SMILES string of the molecule is COC(=S)SC1=C[C@@]2(C)C(=O)N(c3ccc(Br)cc3)C(=O)[C@H]2C1. The van der Waals surface area contributed by atoms with Crippen molar-refractivity contribution in [1.29, 1.82) is 0 Å². The van der Waals surface area contributed by atoms with Gasteiger partial charge in [0.2, 0.25) is 16.2 Å². The van der Waals surface area contributed by atoms with Gasteiger partial charge in [0, 0.05) is 4.47 Å². The highest BCUT2D eigenvalue weighted by Crippen LogP contribution is 2.52. The molecule has 2 amide bonds. The van der Waals surface area contributed by atoms with Gasteiger partial charge in [0.1, 0.15) is 0 Å². The van der Waals surface area contributed by atoms with Crippen LogP contribution in [-0.2, 0) is 14.3 Å². The lowest BCUT2D eigenvalue weighted by molar-refractivity contribution is -0.123. The topological polar surface area (TPSA) is 46.6 Å². The van der Waals surface area contributed by atoms with Gasteiger partial charge in [0.05, 0.1) is 24.1 Å². The Labute approximate surface area is 152 Å². The van der Waals surface area contributed by atoms with Crippen LogP contribution in [0.15, 0.2) is 39.7 Å². The van der Waals surface area contributed by atoms with E-state index in [1.54, 1.807) is 12.1 Å². The number of benzene rings is 1. The lowest BCUT2D eigenvalue weighted by Crippen LogP contribution is -2.33. The molecule has 0 bridgehead atoms. The van der Waals surface area contributed by atoms with E-state index in [9.17, 15) is 9.59 Å². The fourth-order valence-corrected chi connectivity index (χ4v) is 4.45. The van der Waals surface area contributed by atoms with Crippen molar-refractivity contribution in [2.24, 2.45) is 11.3 Å². The number of carbonyl (C=O) groups is 2. The minimum Gasteiger partial charge on any atom is -0.482 e. The first-order chi connectivity index (χ1) is 10.9. The summed E-state index contributed by atoms with van der Waals surface area (Å²) in [4.78, 5) is 27.9. The Bertz CT molecular complexity index is 731. The fourth-order valence-electron chi connectivity index (χ4n) is 3.01. The van der Waals surface area contributed by atoms with Crippen LogP contribution in [-0.4, -0.2) is 23.3 Å². The second-order valence-electron chi connectivity index (χ2n) is 5.66. The van der Waals surface area contributed by atoms with Crippen LogP contribution < -0.4 is 4.90 Å². The highest BCUT2D eigenvalue weighted by atomic mass is 79.9. The number of ether oxygens (including phenoxy) is 1. The van der Waals surface area contributed by atoms with Gasteiger partial charge in [-0.05, 0) is 66.5 Å². The van der Waals surface area contributed by atoms with E-state index in [1.807, 2.05) is 25.1 Å². The van der Waals surface area contributed by atoms with Crippen molar-refractivity contribution < 1.29 is 14.3 Å². The van der Waals surface area contributed by atoms with Gasteiger partial charge in [0.15, 0.2) is 0 Å². The summed E-state index contributed by atoms with van der Waals surface area (Å²) in [6, 6.07) is 7.17. The van der Waals surface area contributed by atoms with Crippen molar-refractivity contribution in [1.82, 2.24) is 0 Å². The summed E-state index contributed by atoms with van der Waals surface area (Å²) in [5.74, 6) is -0.718. The summed E-state index contributed by atoms with van der Waals surface area (Å²) in [7, 11) is 1.51. The maximum absolute atomic E-state index is 12.9. The van der Waals surface area contributed by atoms with Crippen molar-refractivity contribution in [3.8, 4) is 0 Å². The molecule has 3 rings (SSSR count). The molecule has 0 radical (unpaired) electrons. The van der Waals surface area contributed by atoms with E-state index in [2.05, 4.69) is 15.9 Å². The number of thiocarbonyl (C=S) groups is 1. The predicted octanol–water partition coefficient (Wildman–Crippen LogP) is 3.90. The molecule has 1 aliphatic heterocycles. The zero-order valence-electron chi connectivity index (χ0n) is 12.5. The van der Waals surface area contributed by atoms with Crippen LogP contribution in [0.4, 0.5) is 5.69 Å². The Kier molecular flexibility index (Phi) is 4.37. The van der Waals surface area contributed by atoms with E-state index in [1.165, 1.54) is 23.8 Å². The van der Waals surface area contributed by atoms with Crippen LogP contribution in [0.1, 0.15) is 13.3 Å². The average molecular weight is 412 g/mol. The monoisotopic (exact) mass is 411 g/mol. The summed E-state index contributed by atoms with van der Waals surface area (Å²) < 4.78 is 6.29. The molecule has 0 N–H and O–H groups in total. The molecule has 4 nitrogen and oxygen atoms in total. The van der Waals surface area contributed by atoms with Crippen molar-refractivity contribution in [3.05, 3.63) is 39.7 Å². The van der Waals surface area contributed by atoms with E-state index in [0.29, 0.717) is 16.5 Å². The molecule has 7 heteroatoms. The molecule has 1 aliphatic carbocycles. The lowest BCUT2D eigenvalue weighted by Gasteiger charge is -2.18. The number of nitrogens with zero attached hydrogens (tertiary/aromatic N) is 1. The van der Waals surface area contributed by atoms with Crippen LogP contribution >= 0.6 is 39.9 Å². The second-order valence-corrected chi connectivity index (χ2v) is 8.31. The Hall–Kier alpha value is -1.18. The van der Waals surface area contributed by atoms with Crippen LogP contribution in [0.2, 0.25) is 0 Å². The van der Waals surface area contributed by atoms with Crippen LogP contribution in [0.3, 0.4) is 0 Å². The Balaban J connectivity index is 1.91. The minimum atomic E-state index is -0.810. The molecule has 1 heterocycles. The number of allylic oxidation sites excluding steroid dienone is 1. The maximum atomic E-state index is 12.9. The smallest absolute Gasteiger partial charge is 0.244 e. The number of imide groups is 1. The number of thioether (sulfide) groups is 1. The third-order valence-electron chi connectivity index (χ3n) is 4.24. The number of hydrogen-bond donors (Lipinski definition) is 0. The zero-order chi connectivity index (χ0) is 16.8. The van der Waals surface area contributed by atoms with Gasteiger partial charge in [-0.2, -0.15) is 0 Å². The van der Waals surface area contributed by atoms with Crippen molar-refractivity contribution in [2.75, 3.05) is 12.0 Å². The van der Waals surface area contributed by atoms with Gasteiger partial charge < -0.3 is 4.74 Å². The molecule has 23 heavy (non-hydrogen) atoms. The number of halogens is 1. The third-order valence-corrected chi connectivity index (χ3v) is 6.06. The molecule has 2 atom stereocenters. The number of carbonyl (C=O) groups excluding carboxylic acids is 2. The van der Waals surface area contributed by atoms with Crippen molar-refractivity contribution >= 4 is 61.8 Å². The molecule has 120 valence electrons. The molecule has 1 saturated heterocycles. The van der Waals surface area contributed by atoms with E-state index in [0.717, 1.165) is 9.38 Å². The second kappa shape index (κ2) is 6.03. The maximum Gasteiger partial charge on any atom is 0.244 e. The molecule has 1 aromatic rings. The van der Waals surface area contributed by atoms with Gasteiger partial charge in [-0.15, -0.1) is 0 Å². The van der Waals surface area contributed by atoms with Gasteiger partial charge in [0.25, 0.3) is 0 Å². The summed E-state index contributed by atoms with van der Waals surface area (Å²) in [6.07, 6.45) is 2.38. The van der Waals surface area contributed by atoms with Gasteiger partial charge in [-0.1, -0.05) is 22.0 Å². The van der Waals surface area contributed by atoms with Gasteiger partial charge >= 0.3 is 0 Å². The average Bonchev–Trinajstić information content (AvgIpc) is 2.94. The van der Waals surface area contributed by atoms with Crippen LogP contribution in [0.25, 0.3) is 0 Å². The summed E-state index contributed by atoms with van der Waals surface area (Å²) in [5.41, 5.74) is -0.204. The van der Waals surface area contributed by atoms with E-state index in [4.69, 9.17) is 17.0 Å². The fraction of sp³-hybridized carbons (Fsp3) is 0.312. The summed E-state index contributed by atoms with van der Waals surface area (Å²) in [5, 5.41) is 0. The Morgan fingerprint density at radius 1 is 1.39 bits per heavy atom. The minimum absolute atomic E-state index is 0.157. The van der Waals surface area contributed by atoms with E-state index < -0.39 is 5.41 Å². The molecule has 2 aliphatic rings. The van der Waals surface area contributed by atoms with Crippen molar-refractivity contribution in [2.45, 2.75) is 13.3 Å². The number of anilines is 1. The molecular formula is C16H14BrNO3S2. The lowest BCUT2D eigenvalue weighted by atomic mass is 9.82. The molecular weight excluding hydrogens is 398 g/mol. The predicted molar refractivity (Wildman–Crippen MR) is 98.1 cm³/mol. The molecule has 1 aromatic carbocycles. The molecule has 0 spiro atoms. The number of methoxy groups -OCH3 is 1. The molecule has 0 aromatic heterocycles. The molecule has 1 fully saturated rings. The summed E-state index contributed by atoms with van der Waals surface area (Å²) in [6.45, 7) is 1.82. The first-order valence-electron chi connectivity index (χ1n) is 6.98. The standard InChI is InChI=1S/C16H14BrNO3S2/c1-16-8-11(23-15(22)21-2)7-12(16)13(19)18(14(16)20)10-5-3-9(17)4-6-10/h3-6,8,12H,7H2,1-2H3/t12-,16-/m1/s1. The quantitative estimate of drug-likeness (QED) is 0.545. The number of amides is 2. The normalized spacial score (nSPS) is 26.3. The Morgan fingerprint density at radius 2 is 2.04 bits per heavy atom. The number of hydrogen-bond acceptors (Lipinski definition) is 5. The molecule has 0 saturated carbocycles. The zero-order valence-corrected chi connectivity index (χ0v) is 15.8. The third kappa shape index (κ3) is 2.75. The molecule has 0 unspecified atom stereocenters. The number of fused-ring (bicyclic) bond motifs is 1. The summed E-state index contributed by atoms with van der Waals surface area (Å²) >= 11 is 9.71. The first-order valence-corrected chi connectivity index (χ1v) is 9.00. The number of rotatable bonds is 2. The van der Waals surface area contributed by atoms with Crippen LogP contribution in [0.5, 0.6) is 0 Å². The van der Waals surface area contributed by atoms with Crippen LogP contribution in [0, 0.1) is 11.3 Å². The first kappa shape index (κ1) is 16.7. The van der Waals surface area contributed by atoms with Gasteiger partial charge in [-0.3, -0.25) is 9.59 Å².